The van der Waals surface area contributed by atoms with Gasteiger partial charge in [-0.05, 0) is 18.2 Å². The lowest BCUT2D eigenvalue weighted by atomic mass is 10.1. The second-order valence-electron chi connectivity index (χ2n) is 4.31. The van der Waals surface area contributed by atoms with E-state index in [-0.39, 0.29) is 5.56 Å². The molecule has 1 heterocycles. The molecule has 1 aromatic heterocycles. The average molecular weight is 269 g/mol. The van der Waals surface area contributed by atoms with E-state index in [2.05, 4.69) is 13.2 Å². The van der Waals surface area contributed by atoms with Crippen LogP contribution in [0, 0.1) is 0 Å². The highest BCUT2D eigenvalue weighted by molar-refractivity contribution is 5.86. The first-order valence-corrected chi connectivity index (χ1v) is 6.19. The molecule has 0 saturated heterocycles. The minimum atomic E-state index is -0.622. The summed E-state index contributed by atoms with van der Waals surface area (Å²) in [5.41, 5.74) is 0.762. The third-order valence-corrected chi connectivity index (χ3v) is 2.94. The van der Waals surface area contributed by atoms with Crippen LogP contribution in [-0.2, 0) is 0 Å². The number of nitrogens with zero attached hydrogens (tertiary/aromatic N) is 1. The molecule has 4 nitrogen and oxygen atoms in total. The Morgan fingerprint density at radius 1 is 1.15 bits per heavy atom. The molecule has 2 rings (SSSR count). The zero-order valence-corrected chi connectivity index (χ0v) is 11.0. The van der Waals surface area contributed by atoms with Crippen LogP contribution in [0.15, 0.2) is 58.8 Å². The molecule has 0 unspecified atom stereocenters. The van der Waals surface area contributed by atoms with Gasteiger partial charge in [0.05, 0.1) is 0 Å². The zero-order chi connectivity index (χ0) is 14.5. The number of benzene rings is 1. The minimum Gasteiger partial charge on any atom is -0.422 e. The van der Waals surface area contributed by atoms with Crippen molar-refractivity contribution in [1.29, 1.82) is 0 Å². The fraction of sp³-hybridized carbons (Fsp3) is 0.125. The number of carbonyl (C=O) groups is 1. The lowest BCUT2D eigenvalue weighted by molar-refractivity contribution is 0.112. The molecule has 102 valence electrons. The summed E-state index contributed by atoms with van der Waals surface area (Å²) in [7, 11) is 0. The highest BCUT2D eigenvalue weighted by atomic mass is 16.4. The number of carbonyl (C=O) groups excluding carboxylic acids is 1. The van der Waals surface area contributed by atoms with E-state index in [1.54, 1.807) is 18.2 Å². The molecule has 0 amide bonds. The summed E-state index contributed by atoms with van der Waals surface area (Å²) in [6.45, 7) is 8.76. The number of rotatable bonds is 6. The van der Waals surface area contributed by atoms with Crippen molar-refractivity contribution in [1.82, 2.24) is 0 Å². The molecular weight excluding hydrogens is 254 g/mol. The smallest absolute Gasteiger partial charge is 0.346 e. The van der Waals surface area contributed by atoms with E-state index in [1.165, 1.54) is 6.07 Å². The fourth-order valence-electron chi connectivity index (χ4n) is 1.99. The van der Waals surface area contributed by atoms with Gasteiger partial charge in [0.15, 0.2) is 6.29 Å². The van der Waals surface area contributed by atoms with Crippen LogP contribution in [0.4, 0.5) is 5.69 Å². The van der Waals surface area contributed by atoms with Crippen LogP contribution in [0.25, 0.3) is 11.0 Å². The van der Waals surface area contributed by atoms with Crippen LogP contribution in [0.1, 0.15) is 10.4 Å². The number of anilines is 1. The number of hydrogen-bond donors (Lipinski definition) is 0. The summed E-state index contributed by atoms with van der Waals surface area (Å²) in [6.07, 6.45) is 4.08. The van der Waals surface area contributed by atoms with Gasteiger partial charge in [-0.2, -0.15) is 0 Å². The van der Waals surface area contributed by atoms with Gasteiger partial charge in [0, 0.05) is 30.2 Å². The molecule has 0 spiro atoms. The Bertz CT molecular complexity index is 705. The predicted octanol–water partition coefficient (Wildman–Crippen LogP) is 2.78. The number of fused-ring (bicyclic) bond motifs is 1. The molecular formula is C16H15NO3. The Hall–Kier alpha value is -2.62. The van der Waals surface area contributed by atoms with Gasteiger partial charge < -0.3 is 9.32 Å². The second kappa shape index (κ2) is 6.02. The van der Waals surface area contributed by atoms with E-state index in [4.69, 9.17) is 4.42 Å². The Balaban J connectivity index is 2.52. The predicted molar refractivity (Wildman–Crippen MR) is 80.5 cm³/mol. The topological polar surface area (TPSA) is 50.5 Å². The maximum absolute atomic E-state index is 11.6. The second-order valence-corrected chi connectivity index (χ2v) is 4.31. The number of aldehydes is 1. The molecule has 0 N–H and O–H groups in total. The summed E-state index contributed by atoms with van der Waals surface area (Å²) in [4.78, 5) is 24.3. The summed E-state index contributed by atoms with van der Waals surface area (Å²) >= 11 is 0. The van der Waals surface area contributed by atoms with Crippen LogP contribution >= 0.6 is 0 Å². The molecule has 2 aromatic rings. The van der Waals surface area contributed by atoms with Crippen LogP contribution in [-0.4, -0.2) is 19.4 Å². The van der Waals surface area contributed by atoms with Crippen LogP contribution in [0.5, 0.6) is 0 Å². The normalized spacial score (nSPS) is 10.2. The standard InChI is InChI=1S/C16H15NO3/c1-3-7-17(8-4-2)14-6-5-12-9-13(11-18)16(19)20-15(12)10-14/h3-6,9-11H,1-2,7-8H2. The molecule has 0 radical (unpaired) electrons. The lowest BCUT2D eigenvalue weighted by Gasteiger charge is -2.21. The van der Waals surface area contributed by atoms with Gasteiger partial charge in [-0.25, -0.2) is 4.79 Å². The minimum absolute atomic E-state index is 0.0271. The molecule has 0 aliphatic heterocycles. The Kier molecular flexibility index (Phi) is 4.15. The molecule has 0 atom stereocenters. The van der Waals surface area contributed by atoms with Gasteiger partial charge >= 0.3 is 5.63 Å². The summed E-state index contributed by atoms with van der Waals surface area (Å²) in [5.74, 6) is 0. The summed E-state index contributed by atoms with van der Waals surface area (Å²) in [5, 5.41) is 0.715. The molecule has 0 bridgehead atoms. The third kappa shape index (κ3) is 2.69. The van der Waals surface area contributed by atoms with Crippen molar-refractivity contribution < 1.29 is 9.21 Å². The van der Waals surface area contributed by atoms with Gasteiger partial charge in [0.1, 0.15) is 11.1 Å². The van der Waals surface area contributed by atoms with Crippen molar-refractivity contribution in [2.75, 3.05) is 18.0 Å². The first-order chi connectivity index (χ1) is 9.69. The molecule has 1 aromatic carbocycles. The highest BCUT2D eigenvalue weighted by Crippen LogP contribution is 2.21. The van der Waals surface area contributed by atoms with E-state index < -0.39 is 5.63 Å². The molecule has 0 saturated carbocycles. The Morgan fingerprint density at radius 2 is 1.85 bits per heavy atom. The summed E-state index contributed by atoms with van der Waals surface area (Å²) in [6, 6.07) is 7.03. The van der Waals surface area contributed by atoms with Crippen molar-refractivity contribution in [3.8, 4) is 0 Å². The lowest BCUT2D eigenvalue weighted by Crippen LogP contribution is -2.22. The van der Waals surface area contributed by atoms with Crippen LogP contribution in [0.2, 0.25) is 0 Å². The first-order valence-electron chi connectivity index (χ1n) is 6.19. The average Bonchev–Trinajstić information content (AvgIpc) is 2.45. The fourth-order valence-corrected chi connectivity index (χ4v) is 1.99. The van der Waals surface area contributed by atoms with Crippen LogP contribution < -0.4 is 10.5 Å². The molecule has 4 heteroatoms. The first kappa shape index (κ1) is 13.8. The maximum Gasteiger partial charge on any atom is 0.346 e. The van der Waals surface area contributed by atoms with Crippen molar-refractivity contribution >= 4 is 22.9 Å². The van der Waals surface area contributed by atoms with Crippen molar-refractivity contribution in [2.24, 2.45) is 0 Å². The van der Waals surface area contributed by atoms with E-state index in [0.29, 0.717) is 30.3 Å². The molecule has 20 heavy (non-hydrogen) atoms. The van der Waals surface area contributed by atoms with E-state index in [0.717, 1.165) is 5.69 Å². The van der Waals surface area contributed by atoms with Crippen LogP contribution in [0.3, 0.4) is 0 Å². The van der Waals surface area contributed by atoms with Crippen molar-refractivity contribution in [2.45, 2.75) is 0 Å². The third-order valence-electron chi connectivity index (χ3n) is 2.94. The van der Waals surface area contributed by atoms with Crippen molar-refractivity contribution in [3.05, 3.63) is 65.6 Å². The zero-order valence-electron chi connectivity index (χ0n) is 11.0. The van der Waals surface area contributed by atoms with Gasteiger partial charge in [-0.3, -0.25) is 4.79 Å². The highest BCUT2D eigenvalue weighted by Gasteiger charge is 2.08. The van der Waals surface area contributed by atoms with Gasteiger partial charge in [0.25, 0.3) is 0 Å². The Morgan fingerprint density at radius 3 is 2.45 bits per heavy atom. The SMILES string of the molecule is C=CCN(CC=C)c1ccc2cc(C=O)c(=O)oc2c1. The van der Waals surface area contributed by atoms with E-state index in [9.17, 15) is 9.59 Å². The Labute approximate surface area is 116 Å². The maximum atomic E-state index is 11.6. The monoisotopic (exact) mass is 269 g/mol. The largest absolute Gasteiger partial charge is 0.422 e. The summed E-state index contributed by atoms with van der Waals surface area (Å²) < 4.78 is 5.17. The number of hydrogen-bond acceptors (Lipinski definition) is 4. The van der Waals surface area contributed by atoms with Gasteiger partial charge in [-0.15, -0.1) is 13.2 Å². The molecule has 0 fully saturated rings. The van der Waals surface area contributed by atoms with E-state index >= 15 is 0 Å². The van der Waals surface area contributed by atoms with Crippen molar-refractivity contribution in [3.63, 3.8) is 0 Å². The van der Waals surface area contributed by atoms with Gasteiger partial charge in [0.2, 0.25) is 0 Å². The molecule has 0 aliphatic carbocycles. The van der Waals surface area contributed by atoms with Gasteiger partial charge in [-0.1, -0.05) is 12.2 Å². The quantitative estimate of drug-likeness (QED) is 0.459. The van der Waals surface area contributed by atoms with E-state index in [1.807, 2.05) is 17.0 Å². The molecule has 0 aliphatic rings.